The summed E-state index contributed by atoms with van der Waals surface area (Å²) < 4.78 is 45.0. The number of nitro benzene ring substituents is 1. The van der Waals surface area contributed by atoms with Crippen molar-refractivity contribution < 1.29 is 32.3 Å². The molecule has 0 radical (unpaired) electrons. The minimum Gasteiger partial charge on any atom is -0.495 e. The van der Waals surface area contributed by atoms with E-state index in [0.717, 1.165) is 15.9 Å². The van der Waals surface area contributed by atoms with Crippen LogP contribution in [0.4, 0.5) is 11.4 Å². The Kier molecular flexibility index (Phi) is 10.6. The maximum Gasteiger partial charge on any atom is 0.273 e. The number of amides is 1. The first-order chi connectivity index (χ1) is 21.5. The summed E-state index contributed by atoms with van der Waals surface area (Å²) in [6.45, 7) is 1.07. The molecule has 0 saturated carbocycles. The van der Waals surface area contributed by atoms with Gasteiger partial charge in [0.2, 0.25) is 0 Å². The number of hydrazone groups is 1. The van der Waals surface area contributed by atoms with E-state index in [0.29, 0.717) is 23.7 Å². The highest BCUT2D eigenvalue weighted by Gasteiger charge is 2.31. The van der Waals surface area contributed by atoms with Crippen molar-refractivity contribution >= 4 is 45.1 Å². The zero-order valence-corrected chi connectivity index (χ0v) is 26.0. The molecule has 4 aromatic carbocycles. The Morgan fingerprint density at radius 2 is 1.69 bits per heavy atom. The van der Waals surface area contributed by atoms with Crippen LogP contribution >= 0.6 is 11.6 Å². The Hall–Kier alpha value is -5.14. The molecule has 4 rings (SSSR count). The first-order valence-corrected chi connectivity index (χ1v) is 15.1. The van der Waals surface area contributed by atoms with E-state index >= 15 is 0 Å². The van der Waals surface area contributed by atoms with Crippen LogP contribution in [0.3, 0.4) is 0 Å². The van der Waals surface area contributed by atoms with E-state index in [4.69, 9.17) is 25.8 Å². The van der Waals surface area contributed by atoms with Gasteiger partial charge >= 0.3 is 0 Å². The summed E-state index contributed by atoms with van der Waals surface area (Å²) in [5, 5.41) is 15.6. The second kappa shape index (κ2) is 14.6. The van der Waals surface area contributed by atoms with Gasteiger partial charge in [-0.2, -0.15) is 5.10 Å². The highest BCUT2D eigenvalue weighted by molar-refractivity contribution is 7.92. The highest BCUT2D eigenvalue weighted by atomic mass is 35.5. The van der Waals surface area contributed by atoms with Crippen molar-refractivity contribution in [2.75, 3.05) is 25.1 Å². The van der Waals surface area contributed by atoms with Gasteiger partial charge in [0.15, 0.2) is 11.5 Å². The summed E-state index contributed by atoms with van der Waals surface area (Å²) in [6, 6.07) is 22.4. The van der Waals surface area contributed by atoms with Crippen LogP contribution in [0.1, 0.15) is 16.7 Å². The molecule has 1 amide bonds. The maximum atomic E-state index is 13.8. The first-order valence-electron chi connectivity index (χ1n) is 13.3. The van der Waals surface area contributed by atoms with Crippen molar-refractivity contribution in [3.05, 3.63) is 117 Å². The number of carbonyl (C=O) groups excluding carboxylic acids is 1. The SMILES string of the molecule is COc1cc(/C=N\NC(=O)CN(c2cc(Cl)ccc2OC)S(=O)(=O)c2ccc(C)c([N+](=O)[O-])c2)ccc1OCc1ccccc1. The zero-order valence-electron chi connectivity index (χ0n) is 24.5. The van der Waals surface area contributed by atoms with Gasteiger partial charge in [-0.25, -0.2) is 13.8 Å². The van der Waals surface area contributed by atoms with Crippen LogP contribution in [0, 0.1) is 17.0 Å². The molecule has 12 nitrogen and oxygen atoms in total. The smallest absolute Gasteiger partial charge is 0.273 e. The molecule has 0 bridgehead atoms. The molecule has 0 saturated heterocycles. The van der Waals surface area contributed by atoms with Gasteiger partial charge in [-0.05, 0) is 60.5 Å². The van der Waals surface area contributed by atoms with Crippen molar-refractivity contribution in [3.63, 3.8) is 0 Å². The number of nitrogens with one attached hydrogen (secondary N) is 1. The van der Waals surface area contributed by atoms with Gasteiger partial charge in [0.05, 0.1) is 35.9 Å². The molecule has 0 aromatic heterocycles. The third kappa shape index (κ3) is 8.08. The van der Waals surface area contributed by atoms with Crippen molar-refractivity contribution in [2.45, 2.75) is 18.4 Å². The highest BCUT2D eigenvalue weighted by Crippen LogP contribution is 2.36. The lowest BCUT2D eigenvalue weighted by Crippen LogP contribution is -2.39. The number of hydrogen-bond donors (Lipinski definition) is 1. The van der Waals surface area contributed by atoms with Crippen molar-refractivity contribution in [1.82, 2.24) is 5.43 Å². The molecule has 4 aromatic rings. The van der Waals surface area contributed by atoms with Crippen molar-refractivity contribution in [3.8, 4) is 17.2 Å². The lowest BCUT2D eigenvalue weighted by Gasteiger charge is -2.25. The molecular formula is C31H29ClN4O8S. The molecule has 234 valence electrons. The van der Waals surface area contributed by atoms with Crippen molar-refractivity contribution in [2.24, 2.45) is 5.10 Å². The van der Waals surface area contributed by atoms with Gasteiger partial charge in [-0.1, -0.05) is 48.0 Å². The number of rotatable bonds is 13. The number of methoxy groups -OCH3 is 2. The van der Waals surface area contributed by atoms with Gasteiger partial charge < -0.3 is 14.2 Å². The average molecular weight is 653 g/mol. The number of anilines is 1. The Morgan fingerprint density at radius 1 is 0.978 bits per heavy atom. The standard InChI is InChI=1S/C31H29ClN4O8S/c1-21-9-12-25(17-26(21)36(38)39)45(40,41)35(27-16-24(32)11-14-28(27)42-2)19-31(37)34-33-18-23-10-13-29(30(15-23)43-3)44-20-22-7-5-4-6-8-22/h4-18H,19-20H2,1-3H3,(H,34,37)/b33-18-. The zero-order chi connectivity index (χ0) is 32.6. The molecule has 0 fully saturated rings. The lowest BCUT2D eigenvalue weighted by atomic mass is 10.2. The van der Waals surface area contributed by atoms with Crippen LogP contribution < -0.4 is 23.9 Å². The minimum atomic E-state index is -4.54. The van der Waals surface area contributed by atoms with E-state index in [1.165, 1.54) is 57.7 Å². The number of carbonyl (C=O) groups is 1. The molecule has 0 aliphatic carbocycles. The molecule has 0 atom stereocenters. The molecule has 0 aliphatic rings. The maximum absolute atomic E-state index is 13.8. The molecule has 14 heteroatoms. The number of benzene rings is 4. The third-order valence-electron chi connectivity index (χ3n) is 6.49. The first kappa shape index (κ1) is 32.8. The Labute approximate surface area is 265 Å². The molecule has 0 unspecified atom stereocenters. The molecule has 0 spiro atoms. The second-order valence-electron chi connectivity index (χ2n) is 9.51. The monoisotopic (exact) mass is 652 g/mol. The fourth-order valence-electron chi connectivity index (χ4n) is 4.19. The predicted molar refractivity (Wildman–Crippen MR) is 170 cm³/mol. The number of halogens is 1. The Morgan fingerprint density at radius 3 is 2.38 bits per heavy atom. The van der Waals surface area contributed by atoms with Gasteiger partial charge in [0.1, 0.15) is 18.9 Å². The minimum absolute atomic E-state index is 0.0526. The van der Waals surface area contributed by atoms with E-state index in [1.807, 2.05) is 30.3 Å². The van der Waals surface area contributed by atoms with E-state index < -0.39 is 38.0 Å². The number of nitro groups is 1. The van der Waals surface area contributed by atoms with Crippen LogP contribution in [0.5, 0.6) is 17.2 Å². The molecular weight excluding hydrogens is 624 g/mol. The number of aryl methyl sites for hydroxylation is 1. The van der Waals surface area contributed by atoms with Crippen LogP contribution in [-0.4, -0.2) is 46.2 Å². The van der Waals surface area contributed by atoms with E-state index in [-0.39, 0.29) is 22.0 Å². The van der Waals surface area contributed by atoms with Crippen LogP contribution in [0.2, 0.25) is 5.02 Å². The van der Waals surface area contributed by atoms with E-state index in [9.17, 15) is 23.3 Å². The summed E-state index contributed by atoms with van der Waals surface area (Å²) in [5.74, 6) is 0.240. The molecule has 45 heavy (non-hydrogen) atoms. The summed E-state index contributed by atoms with van der Waals surface area (Å²) >= 11 is 6.17. The summed E-state index contributed by atoms with van der Waals surface area (Å²) in [7, 11) is -1.72. The quantitative estimate of drug-likeness (QED) is 0.113. The Balaban J connectivity index is 1.56. The summed E-state index contributed by atoms with van der Waals surface area (Å²) in [5.41, 5.74) is 3.69. The average Bonchev–Trinajstić information content (AvgIpc) is 3.03. The predicted octanol–water partition coefficient (Wildman–Crippen LogP) is 5.50. The van der Waals surface area contributed by atoms with Crippen LogP contribution in [0.25, 0.3) is 0 Å². The summed E-state index contributed by atoms with van der Waals surface area (Å²) in [6.07, 6.45) is 1.35. The van der Waals surface area contributed by atoms with Gasteiger partial charge in [0.25, 0.3) is 21.6 Å². The van der Waals surface area contributed by atoms with E-state index in [2.05, 4.69) is 10.5 Å². The molecule has 0 heterocycles. The number of sulfonamides is 1. The fraction of sp³-hybridized carbons (Fsp3) is 0.161. The topological polar surface area (TPSA) is 150 Å². The van der Waals surface area contributed by atoms with Gasteiger partial charge in [-0.15, -0.1) is 0 Å². The summed E-state index contributed by atoms with van der Waals surface area (Å²) in [4.78, 5) is 23.5. The number of nitrogens with zero attached hydrogens (tertiary/aromatic N) is 3. The van der Waals surface area contributed by atoms with Gasteiger partial charge in [0, 0.05) is 16.7 Å². The number of hydrogen-bond acceptors (Lipinski definition) is 9. The molecule has 1 N–H and O–H groups in total. The Bertz CT molecular complexity index is 1840. The molecule has 0 aliphatic heterocycles. The van der Waals surface area contributed by atoms with E-state index in [1.54, 1.807) is 18.2 Å². The van der Waals surface area contributed by atoms with Crippen molar-refractivity contribution in [1.29, 1.82) is 0 Å². The second-order valence-corrected chi connectivity index (χ2v) is 11.8. The van der Waals surface area contributed by atoms with Crippen LogP contribution in [0.15, 0.2) is 94.9 Å². The number of ether oxygens (including phenoxy) is 3. The van der Waals surface area contributed by atoms with Gasteiger partial charge in [-0.3, -0.25) is 19.2 Å². The third-order valence-corrected chi connectivity index (χ3v) is 8.48. The van der Waals surface area contributed by atoms with Crippen LogP contribution in [-0.2, 0) is 21.4 Å². The fourth-order valence-corrected chi connectivity index (χ4v) is 5.81. The normalized spacial score (nSPS) is 11.2. The lowest BCUT2D eigenvalue weighted by molar-refractivity contribution is -0.385. The largest absolute Gasteiger partial charge is 0.495 e.